The molecule has 7 nitrogen and oxygen atoms in total. The van der Waals surface area contributed by atoms with Crippen molar-refractivity contribution in [1.29, 1.82) is 0 Å². The summed E-state index contributed by atoms with van der Waals surface area (Å²) in [5, 5.41) is 14.5. The van der Waals surface area contributed by atoms with Gasteiger partial charge in [-0.2, -0.15) is 0 Å². The monoisotopic (exact) mass is 384 g/mol. The summed E-state index contributed by atoms with van der Waals surface area (Å²) in [5.74, 6) is 1.51. The van der Waals surface area contributed by atoms with E-state index >= 15 is 0 Å². The summed E-state index contributed by atoms with van der Waals surface area (Å²) in [7, 11) is 1.57. The number of methoxy groups -OCH3 is 1. The number of benzene rings is 2. The van der Waals surface area contributed by atoms with Gasteiger partial charge in [0.15, 0.2) is 5.01 Å². The standard InChI is InChI=1S/C19H20N4O3S/c1-12-6-4-7-13(2)17(12)26-11-16-22-23-19(27-16)21-18(24)20-14-8-5-9-15(10-14)25-3/h4-10H,11H2,1-3H3,(H2,20,21,23,24). The second kappa shape index (κ2) is 8.50. The molecule has 140 valence electrons. The summed E-state index contributed by atoms with van der Waals surface area (Å²) in [6.07, 6.45) is 0. The van der Waals surface area contributed by atoms with Crippen LogP contribution in [0, 0.1) is 13.8 Å². The van der Waals surface area contributed by atoms with Crippen LogP contribution in [0.3, 0.4) is 0 Å². The Morgan fingerprint density at radius 3 is 2.56 bits per heavy atom. The molecule has 0 bridgehead atoms. The lowest BCUT2D eigenvalue weighted by molar-refractivity contribution is 0.262. The van der Waals surface area contributed by atoms with Crippen LogP contribution >= 0.6 is 11.3 Å². The molecule has 27 heavy (non-hydrogen) atoms. The smallest absolute Gasteiger partial charge is 0.325 e. The second-order valence-corrected chi connectivity index (χ2v) is 6.88. The molecule has 8 heteroatoms. The van der Waals surface area contributed by atoms with E-state index < -0.39 is 6.03 Å². The maximum Gasteiger partial charge on any atom is 0.325 e. The third kappa shape index (κ3) is 4.95. The van der Waals surface area contributed by atoms with Gasteiger partial charge in [-0.3, -0.25) is 5.32 Å². The molecule has 1 heterocycles. The van der Waals surface area contributed by atoms with Crippen LogP contribution in [0.1, 0.15) is 16.1 Å². The van der Waals surface area contributed by atoms with E-state index in [-0.39, 0.29) is 0 Å². The van der Waals surface area contributed by atoms with E-state index in [2.05, 4.69) is 20.8 Å². The molecule has 0 atom stereocenters. The first-order valence-corrected chi connectivity index (χ1v) is 9.10. The zero-order valence-electron chi connectivity index (χ0n) is 15.3. The van der Waals surface area contributed by atoms with Crippen LogP contribution < -0.4 is 20.1 Å². The summed E-state index contributed by atoms with van der Waals surface area (Å²) in [6.45, 7) is 4.29. The first-order chi connectivity index (χ1) is 13.0. The number of urea groups is 1. The summed E-state index contributed by atoms with van der Waals surface area (Å²) >= 11 is 1.27. The lowest BCUT2D eigenvalue weighted by Crippen LogP contribution is -2.19. The van der Waals surface area contributed by atoms with Gasteiger partial charge < -0.3 is 14.8 Å². The number of carbonyl (C=O) groups is 1. The number of hydrogen-bond acceptors (Lipinski definition) is 6. The Morgan fingerprint density at radius 1 is 1.07 bits per heavy atom. The number of anilines is 2. The molecular weight excluding hydrogens is 364 g/mol. The van der Waals surface area contributed by atoms with Crippen LogP contribution in [-0.4, -0.2) is 23.3 Å². The second-order valence-electron chi connectivity index (χ2n) is 5.82. The van der Waals surface area contributed by atoms with Crippen LogP contribution in [0.25, 0.3) is 0 Å². The van der Waals surface area contributed by atoms with Crippen LogP contribution in [-0.2, 0) is 6.61 Å². The number of ether oxygens (including phenoxy) is 2. The van der Waals surface area contributed by atoms with Crippen molar-refractivity contribution in [2.45, 2.75) is 20.5 Å². The molecule has 2 amide bonds. The molecule has 0 saturated carbocycles. The van der Waals surface area contributed by atoms with Gasteiger partial charge in [-0.05, 0) is 37.1 Å². The number of rotatable bonds is 6. The molecule has 0 radical (unpaired) electrons. The van der Waals surface area contributed by atoms with E-state index in [9.17, 15) is 4.79 Å². The van der Waals surface area contributed by atoms with Gasteiger partial charge in [0.25, 0.3) is 0 Å². The normalized spacial score (nSPS) is 10.3. The number of hydrogen-bond donors (Lipinski definition) is 2. The van der Waals surface area contributed by atoms with Crippen LogP contribution in [0.4, 0.5) is 15.6 Å². The van der Waals surface area contributed by atoms with Gasteiger partial charge in [-0.1, -0.05) is 35.6 Å². The minimum absolute atomic E-state index is 0.294. The van der Waals surface area contributed by atoms with Crippen molar-refractivity contribution in [3.05, 3.63) is 58.6 Å². The number of amides is 2. The quantitative estimate of drug-likeness (QED) is 0.658. The van der Waals surface area contributed by atoms with Gasteiger partial charge in [0, 0.05) is 11.8 Å². The molecule has 0 spiro atoms. The van der Waals surface area contributed by atoms with Crippen molar-refractivity contribution in [3.63, 3.8) is 0 Å². The molecule has 1 aromatic heterocycles. The van der Waals surface area contributed by atoms with Gasteiger partial charge in [0.05, 0.1) is 7.11 Å². The topological polar surface area (TPSA) is 85.4 Å². The highest BCUT2D eigenvalue weighted by atomic mass is 32.1. The van der Waals surface area contributed by atoms with Gasteiger partial charge in [0.2, 0.25) is 5.13 Å². The molecular formula is C19H20N4O3S. The van der Waals surface area contributed by atoms with Crippen LogP contribution in [0.2, 0.25) is 0 Å². The molecule has 0 aliphatic heterocycles. The summed E-state index contributed by atoms with van der Waals surface area (Å²) in [4.78, 5) is 12.1. The van der Waals surface area contributed by atoms with Crippen LogP contribution in [0.15, 0.2) is 42.5 Å². The summed E-state index contributed by atoms with van der Waals surface area (Å²) in [6, 6.07) is 12.7. The molecule has 2 aromatic carbocycles. The van der Waals surface area contributed by atoms with Crippen molar-refractivity contribution in [2.24, 2.45) is 0 Å². The number of aromatic nitrogens is 2. The SMILES string of the molecule is COc1cccc(NC(=O)Nc2nnc(COc3c(C)cccc3C)s2)c1. The predicted octanol–water partition coefficient (Wildman–Crippen LogP) is 4.39. The van der Waals surface area contributed by atoms with Crippen molar-refractivity contribution in [1.82, 2.24) is 10.2 Å². The molecule has 0 aliphatic carbocycles. The number of carbonyl (C=O) groups excluding carboxylic acids is 1. The third-order valence-corrected chi connectivity index (χ3v) is 4.58. The molecule has 0 saturated heterocycles. The predicted molar refractivity (Wildman–Crippen MR) is 106 cm³/mol. The minimum Gasteiger partial charge on any atom is -0.497 e. The van der Waals surface area contributed by atoms with Crippen molar-refractivity contribution >= 4 is 28.2 Å². The third-order valence-electron chi connectivity index (χ3n) is 3.76. The molecule has 0 fully saturated rings. The van der Waals surface area contributed by atoms with E-state index in [0.717, 1.165) is 16.9 Å². The maximum atomic E-state index is 12.1. The lowest BCUT2D eigenvalue weighted by atomic mass is 10.1. The highest BCUT2D eigenvalue weighted by molar-refractivity contribution is 7.15. The zero-order valence-corrected chi connectivity index (χ0v) is 16.1. The van der Waals surface area contributed by atoms with E-state index in [0.29, 0.717) is 28.2 Å². The summed E-state index contributed by atoms with van der Waals surface area (Å²) in [5.41, 5.74) is 2.75. The fourth-order valence-electron chi connectivity index (χ4n) is 2.48. The van der Waals surface area contributed by atoms with Crippen molar-refractivity contribution in [2.75, 3.05) is 17.7 Å². The fraction of sp³-hybridized carbons (Fsp3) is 0.211. The minimum atomic E-state index is -0.401. The number of nitrogens with one attached hydrogen (secondary N) is 2. The number of para-hydroxylation sites is 1. The largest absolute Gasteiger partial charge is 0.497 e. The Balaban J connectivity index is 1.56. The highest BCUT2D eigenvalue weighted by Gasteiger charge is 2.10. The number of nitrogens with zero attached hydrogens (tertiary/aromatic N) is 2. The zero-order chi connectivity index (χ0) is 19.2. The van der Waals surface area contributed by atoms with Crippen LogP contribution in [0.5, 0.6) is 11.5 Å². The van der Waals surface area contributed by atoms with Gasteiger partial charge in [-0.15, -0.1) is 10.2 Å². The van der Waals surface area contributed by atoms with E-state index in [1.165, 1.54) is 11.3 Å². The lowest BCUT2D eigenvalue weighted by Gasteiger charge is -2.10. The first-order valence-electron chi connectivity index (χ1n) is 8.28. The van der Waals surface area contributed by atoms with E-state index in [1.807, 2.05) is 32.0 Å². The van der Waals surface area contributed by atoms with E-state index in [4.69, 9.17) is 9.47 Å². The van der Waals surface area contributed by atoms with Gasteiger partial charge in [0.1, 0.15) is 18.1 Å². The Bertz CT molecular complexity index is 922. The van der Waals surface area contributed by atoms with Crippen molar-refractivity contribution in [3.8, 4) is 11.5 Å². The Morgan fingerprint density at radius 2 is 1.81 bits per heavy atom. The maximum absolute atomic E-state index is 12.1. The van der Waals surface area contributed by atoms with Crippen molar-refractivity contribution < 1.29 is 14.3 Å². The van der Waals surface area contributed by atoms with Gasteiger partial charge >= 0.3 is 6.03 Å². The number of aryl methyl sites for hydroxylation is 2. The first kappa shape index (κ1) is 18.7. The molecule has 3 rings (SSSR count). The molecule has 0 aliphatic rings. The highest BCUT2D eigenvalue weighted by Crippen LogP contribution is 2.25. The molecule has 2 N–H and O–H groups in total. The Labute approximate surface area is 161 Å². The average molecular weight is 384 g/mol. The summed E-state index contributed by atoms with van der Waals surface area (Å²) < 4.78 is 11.0. The molecule has 0 unspecified atom stereocenters. The van der Waals surface area contributed by atoms with E-state index in [1.54, 1.807) is 31.4 Å². The van der Waals surface area contributed by atoms with Gasteiger partial charge in [-0.25, -0.2) is 4.79 Å². The fourth-order valence-corrected chi connectivity index (χ4v) is 3.13. The Kier molecular flexibility index (Phi) is 5.87. The average Bonchev–Trinajstić information content (AvgIpc) is 3.08. The molecule has 3 aromatic rings. The Hall–Kier alpha value is -3.13.